The van der Waals surface area contributed by atoms with Crippen molar-refractivity contribution in [1.82, 2.24) is 0 Å². The van der Waals surface area contributed by atoms with E-state index < -0.39 is 8.32 Å². The van der Waals surface area contributed by atoms with E-state index in [0.29, 0.717) is 11.5 Å². The van der Waals surface area contributed by atoms with Crippen molar-refractivity contribution in [2.45, 2.75) is 174 Å². The highest BCUT2D eigenvalue weighted by Crippen LogP contribution is 2.36. The Morgan fingerprint density at radius 3 is 1.36 bits per heavy atom. The number of rotatable bonds is 25. The third-order valence-electron chi connectivity index (χ3n) is 7.93. The zero-order valence-electron chi connectivity index (χ0n) is 25.4. The average Bonchev–Trinajstić information content (AvgIpc) is 2.83. The molecule has 0 aromatic heterocycles. The molecule has 0 aliphatic rings. The Hall–Kier alpha value is -0.613. The Bertz CT molecular complexity index is 522. The number of unbranched alkanes of at least 4 members (excludes halogenated alkanes) is 18. The average molecular weight is 525 g/mol. The lowest BCUT2D eigenvalue weighted by Crippen LogP contribution is -2.40. The molecule has 0 saturated carbocycles. The molecular weight excluding hydrogens is 460 g/mol. The summed E-state index contributed by atoms with van der Waals surface area (Å²) in [7, 11) is -0.0728. The quantitative estimate of drug-likeness (QED) is 0.0515. The van der Waals surface area contributed by atoms with Gasteiger partial charge in [-0.15, -0.1) is 0 Å². The van der Waals surface area contributed by atoms with Crippen LogP contribution in [0.4, 0.5) is 0 Å². The van der Waals surface area contributed by atoms with E-state index in [0.717, 1.165) is 19.4 Å². The summed E-state index contributed by atoms with van der Waals surface area (Å²) in [6.07, 6.45) is 31.8. The lowest BCUT2D eigenvalue weighted by Gasteiger charge is -2.36. The molecule has 36 heavy (non-hydrogen) atoms. The lowest BCUT2D eigenvalue weighted by atomic mass is 10.0. The van der Waals surface area contributed by atoms with Crippen molar-refractivity contribution in [2.75, 3.05) is 13.7 Å². The minimum Gasteiger partial charge on any atom is -0.469 e. The van der Waals surface area contributed by atoms with Crippen LogP contribution in [0.15, 0.2) is 12.2 Å². The van der Waals surface area contributed by atoms with E-state index in [4.69, 9.17) is 4.43 Å². The standard InChI is InChI=1S/C32H64O3Si/c1-32(2,3)36(5,6)35-30-28-26-24-22-20-18-16-14-12-10-8-7-9-11-13-15-17-19-21-23-25-27-29-31(33)34-4/h12,14H,7-11,13,15-30H2,1-6H3/b14-12-. The molecule has 0 rings (SSSR count). The number of ether oxygens (including phenoxy) is 1. The molecule has 0 atom stereocenters. The minimum absolute atomic E-state index is 0.0677. The van der Waals surface area contributed by atoms with Gasteiger partial charge in [-0.1, -0.05) is 123 Å². The zero-order valence-corrected chi connectivity index (χ0v) is 26.4. The summed E-state index contributed by atoms with van der Waals surface area (Å²) in [5, 5.41) is 0.331. The molecule has 3 nitrogen and oxygen atoms in total. The van der Waals surface area contributed by atoms with Gasteiger partial charge in [-0.25, -0.2) is 0 Å². The van der Waals surface area contributed by atoms with Gasteiger partial charge in [0.2, 0.25) is 0 Å². The van der Waals surface area contributed by atoms with Gasteiger partial charge in [0.1, 0.15) is 0 Å². The SMILES string of the molecule is COC(=O)CCCCCCCCCCCCCC/C=C\CCCCCCCCO[Si](C)(C)C(C)(C)C. The molecule has 214 valence electrons. The predicted molar refractivity (Wildman–Crippen MR) is 161 cm³/mol. The van der Waals surface area contributed by atoms with Crippen molar-refractivity contribution in [2.24, 2.45) is 0 Å². The van der Waals surface area contributed by atoms with Crippen molar-refractivity contribution in [3.8, 4) is 0 Å². The number of hydrogen-bond donors (Lipinski definition) is 0. The molecule has 0 heterocycles. The minimum atomic E-state index is -1.54. The van der Waals surface area contributed by atoms with Crippen LogP contribution in [0.3, 0.4) is 0 Å². The number of carbonyl (C=O) groups is 1. The highest BCUT2D eigenvalue weighted by molar-refractivity contribution is 6.74. The monoisotopic (exact) mass is 524 g/mol. The molecule has 0 amide bonds. The van der Waals surface area contributed by atoms with E-state index >= 15 is 0 Å². The Morgan fingerprint density at radius 2 is 0.972 bits per heavy atom. The Kier molecular flexibility index (Phi) is 23.1. The fraction of sp³-hybridized carbons (Fsp3) is 0.906. The van der Waals surface area contributed by atoms with Gasteiger partial charge in [0.15, 0.2) is 8.32 Å². The molecule has 0 bridgehead atoms. The summed E-state index contributed by atoms with van der Waals surface area (Å²) in [5.74, 6) is -0.0677. The van der Waals surface area contributed by atoms with Gasteiger partial charge in [0.25, 0.3) is 0 Å². The van der Waals surface area contributed by atoms with E-state index in [-0.39, 0.29) is 5.97 Å². The second-order valence-corrected chi connectivity index (χ2v) is 17.2. The fourth-order valence-electron chi connectivity index (χ4n) is 4.25. The molecule has 0 aliphatic heterocycles. The molecule has 0 aromatic rings. The van der Waals surface area contributed by atoms with Crippen molar-refractivity contribution in [1.29, 1.82) is 0 Å². The second-order valence-electron chi connectivity index (χ2n) is 12.3. The summed E-state index contributed by atoms with van der Waals surface area (Å²) < 4.78 is 10.9. The molecule has 0 fully saturated rings. The van der Waals surface area contributed by atoms with Crippen LogP contribution in [0.2, 0.25) is 18.1 Å². The first-order valence-electron chi connectivity index (χ1n) is 15.6. The molecule has 0 spiro atoms. The summed E-state index contributed by atoms with van der Waals surface area (Å²) in [4.78, 5) is 11.0. The van der Waals surface area contributed by atoms with Crippen LogP contribution in [0.25, 0.3) is 0 Å². The first-order valence-corrected chi connectivity index (χ1v) is 18.5. The summed E-state index contributed by atoms with van der Waals surface area (Å²) in [6, 6.07) is 0. The van der Waals surface area contributed by atoms with Crippen LogP contribution in [0.1, 0.15) is 156 Å². The Labute approximate surface area is 227 Å². The van der Waals surface area contributed by atoms with E-state index in [1.54, 1.807) is 0 Å². The van der Waals surface area contributed by atoms with Gasteiger partial charge in [0.05, 0.1) is 7.11 Å². The molecule has 0 unspecified atom stereocenters. The Balaban J connectivity index is 3.24. The van der Waals surface area contributed by atoms with Crippen molar-refractivity contribution >= 4 is 14.3 Å². The van der Waals surface area contributed by atoms with Crippen LogP contribution in [-0.4, -0.2) is 28.0 Å². The molecule has 0 radical (unpaired) electrons. The zero-order chi connectivity index (χ0) is 27.0. The van der Waals surface area contributed by atoms with E-state index in [9.17, 15) is 4.79 Å². The van der Waals surface area contributed by atoms with Crippen LogP contribution < -0.4 is 0 Å². The third kappa shape index (κ3) is 22.6. The number of methoxy groups -OCH3 is 1. The number of hydrogen-bond acceptors (Lipinski definition) is 3. The first kappa shape index (κ1) is 35.4. The maximum atomic E-state index is 11.0. The predicted octanol–water partition coefficient (Wildman–Crippen LogP) is 10.9. The van der Waals surface area contributed by atoms with Crippen molar-refractivity contribution in [3.05, 3.63) is 12.2 Å². The highest BCUT2D eigenvalue weighted by atomic mass is 28.4. The summed E-state index contributed by atoms with van der Waals surface area (Å²) in [6.45, 7) is 12.6. The van der Waals surface area contributed by atoms with Gasteiger partial charge in [0, 0.05) is 13.0 Å². The maximum absolute atomic E-state index is 11.0. The van der Waals surface area contributed by atoms with E-state index in [1.807, 2.05) is 0 Å². The number of esters is 1. The number of carbonyl (C=O) groups excluding carboxylic acids is 1. The van der Waals surface area contributed by atoms with Gasteiger partial charge < -0.3 is 9.16 Å². The van der Waals surface area contributed by atoms with Crippen molar-refractivity contribution < 1.29 is 14.0 Å². The molecule has 4 heteroatoms. The third-order valence-corrected chi connectivity index (χ3v) is 12.5. The fourth-order valence-corrected chi connectivity index (χ4v) is 5.34. The van der Waals surface area contributed by atoms with Crippen LogP contribution in [0, 0.1) is 0 Å². The molecule has 0 aliphatic carbocycles. The van der Waals surface area contributed by atoms with Crippen LogP contribution >= 0.6 is 0 Å². The molecule has 0 N–H and O–H groups in total. The topological polar surface area (TPSA) is 35.5 Å². The lowest BCUT2D eigenvalue weighted by molar-refractivity contribution is -0.140. The molecule has 0 saturated heterocycles. The largest absolute Gasteiger partial charge is 0.469 e. The summed E-state index contributed by atoms with van der Waals surface area (Å²) >= 11 is 0. The maximum Gasteiger partial charge on any atom is 0.305 e. The summed E-state index contributed by atoms with van der Waals surface area (Å²) in [5.41, 5.74) is 0. The van der Waals surface area contributed by atoms with Gasteiger partial charge in [-0.05, 0) is 56.7 Å². The van der Waals surface area contributed by atoms with Gasteiger partial charge in [-0.2, -0.15) is 0 Å². The second kappa shape index (κ2) is 23.5. The van der Waals surface area contributed by atoms with Crippen LogP contribution in [-0.2, 0) is 14.0 Å². The smallest absolute Gasteiger partial charge is 0.305 e. The molecular formula is C32H64O3Si. The number of allylic oxidation sites excluding steroid dienone is 2. The van der Waals surface area contributed by atoms with Gasteiger partial charge >= 0.3 is 5.97 Å². The van der Waals surface area contributed by atoms with Crippen molar-refractivity contribution in [3.63, 3.8) is 0 Å². The van der Waals surface area contributed by atoms with Gasteiger partial charge in [-0.3, -0.25) is 4.79 Å². The first-order chi connectivity index (χ1) is 17.2. The highest BCUT2D eigenvalue weighted by Gasteiger charge is 2.36. The van der Waals surface area contributed by atoms with E-state index in [1.165, 1.54) is 123 Å². The molecule has 0 aromatic carbocycles. The normalized spacial score (nSPS) is 12.5. The van der Waals surface area contributed by atoms with E-state index in [2.05, 4.69) is 50.8 Å². The Morgan fingerprint density at radius 1 is 0.611 bits per heavy atom. The van der Waals surface area contributed by atoms with Crippen LogP contribution in [0.5, 0.6) is 0 Å².